The topological polar surface area (TPSA) is 49.8 Å². The molecule has 0 unspecified atom stereocenters. The molecule has 4 nitrogen and oxygen atoms in total. The van der Waals surface area contributed by atoms with E-state index in [0.717, 1.165) is 35.4 Å². The molecule has 3 aromatic rings. The quantitative estimate of drug-likeness (QED) is 0.650. The van der Waals surface area contributed by atoms with Crippen molar-refractivity contribution in [1.82, 2.24) is 15.3 Å². The summed E-state index contributed by atoms with van der Waals surface area (Å²) < 4.78 is 0. The molecule has 0 aliphatic carbocycles. The zero-order valence-electron chi connectivity index (χ0n) is 13.5. The van der Waals surface area contributed by atoms with Gasteiger partial charge in [-0.15, -0.1) is 0 Å². The van der Waals surface area contributed by atoms with Gasteiger partial charge in [-0.2, -0.15) is 0 Å². The lowest BCUT2D eigenvalue weighted by atomic mass is 10.2. The second-order valence-corrected chi connectivity index (χ2v) is 5.74. The summed E-state index contributed by atoms with van der Waals surface area (Å²) in [5.41, 5.74) is 1.86. The van der Waals surface area contributed by atoms with E-state index in [1.165, 1.54) is 0 Å². The molecule has 2 aromatic carbocycles. The highest BCUT2D eigenvalue weighted by Gasteiger charge is 2.08. The third-order valence-corrected chi connectivity index (χ3v) is 3.80. The van der Waals surface area contributed by atoms with Gasteiger partial charge in [0, 0.05) is 29.1 Å². The number of hydrogen-bond acceptors (Lipinski definition) is 4. The summed E-state index contributed by atoms with van der Waals surface area (Å²) in [6.07, 6.45) is 3.90. The van der Waals surface area contributed by atoms with E-state index in [1.807, 2.05) is 67.7 Å². The summed E-state index contributed by atoms with van der Waals surface area (Å²) in [4.78, 5) is 9.38. The van der Waals surface area contributed by atoms with Crippen LogP contribution in [0.5, 0.6) is 0 Å². The summed E-state index contributed by atoms with van der Waals surface area (Å²) >= 11 is 5.97. The van der Waals surface area contributed by atoms with Crippen LogP contribution >= 0.6 is 11.6 Å². The molecule has 0 saturated carbocycles. The summed E-state index contributed by atoms with van der Waals surface area (Å²) in [6, 6.07) is 15.6. The third kappa shape index (κ3) is 3.84. The molecular formula is C19H19ClN4. The number of allylic oxidation sites excluding steroid dienone is 1. The van der Waals surface area contributed by atoms with Crippen LogP contribution in [0.2, 0.25) is 5.02 Å². The highest BCUT2D eigenvalue weighted by Crippen LogP contribution is 2.25. The molecule has 1 heterocycles. The standard InChI is InChI=1S/C19H19ClN4/c1-2-11-21-12-13-22-19-16-5-3-4-6-17(16)23-18(24-19)14-7-9-15(20)10-8-14/h2-11,21H,12-13H2,1H3,(H,22,23,24)/b11-2+. The molecule has 0 aliphatic rings. The van der Waals surface area contributed by atoms with E-state index in [-0.39, 0.29) is 0 Å². The summed E-state index contributed by atoms with van der Waals surface area (Å²) in [6.45, 7) is 3.57. The molecule has 0 saturated heterocycles. The van der Waals surface area contributed by atoms with Crippen molar-refractivity contribution < 1.29 is 0 Å². The predicted octanol–water partition coefficient (Wildman–Crippen LogP) is 4.49. The Morgan fingerprint density at radius 3 is 2.58 bits per heavy atom. The number of hydrogen-bond donors (Lipinski definition) is 2. The molecule has 122 valence electrons. The smallest absolute Gasteiger partial charge is 0.162 e. The first kappa shape index (κ1) is 16.3. The van der Waals surface area contributed by atoms with Crippen LogP contribution in [0.4, 0.5) is 5.82 Å². The van der Waals surface area contributed by atoms with Crippen molar-refractivity contribution >= 4 is 28.3 Å². The van der Waals surface area contributed by atoms with Crippen molar-refractivity contribution in [1.29, 1.82) is 0 Å². The van der Waals surface area contributed by atoms with Gasteiger partial charge in [0.25, 0.3) is 0 Å². The van der Waals surface area contributed by atoms with E-state index in [9.17, 15) is 0 Å². The second kappa shape index (κ2) is 7.79. The van der Waals surface area contributed by atoms with Crippen LogP contribution in [0.25, 0.3) is 22.3 Å². The van der Waals surface area contributed by atoms with E-state index in [1.54, 1.807) is 0 Å². The van der Waals surface area contributed by atoms with Gasteiger partial charge in [0.05, 0.1) is 5.52 Å². The number of nitrogens with zero attached hydrogens (tertiary/aromatic N) is 2. The van der Waals surface area contributed by atoms with Crippen LogP contribution in [0.3, 0.4) is 0 Å². The SMILES string of the molecule is C/C=C/NCCNc1nc(-c2ccc(Cl)cc2)nc2ccccc12. The van der Waals surface area contributed by atoms with E-state index in [2.05, 4.69) is 15.6 Å². The van der Waals surface area contributed by atoms with Gasteiger partial charge in [-0.3, -0.25) is 0 Å². The summed E-state index contributed by atoms with van der Waals surface area (Å²) in [5, 5.41) is 8.32. The number of anilines is 1. The highest BCUT2D eigenvalue weighted by atomic mass is 35.5. The molecule has 0 aliphatic heterocycles. The van der Waals surface area contributed by atoms with Gasteiger partial charge in [0.15, 0.2) is 5.82 Å². The van der Waals surface area contributed by atoms with Gasteiger partial charge >= 0.3 is 0 Å². The monoisotopic (exact) mass is 338 g/mol. The maximum atomic E-state index is 5.97. The van der Waals surface area contributed by atoms with Crippen LogP contribution in [0.1, 0.15) is 6.92 Å². The minimum Gasteiger partial charge on any atom is -0.389 e. The van der Waals surface area contributed by atoms with Crippen molar-refractivity contribution in [2.45, 2.75) is 6.92 Å². The zero-order valence-corrected chi connectivity index (χ0v) is 14.2. The Labute approximate surface area is 146 Å². The molecule has 0 amide bonds. The molecule has 5 heteroatoms. The molecule has 2 N–H and O–H groups in total. The van der Waals surface area contributed by atoms with E-state index >= 15 is 0 Å². The molecule has 3 rings (SSSR count). The highest BCUT2D eigenvalue weighted by molar-refractivity contribution is 6.30. The lowest BCUT2D eigenvalue weighted by Gasteiger charge is -2.11. The van der Waals surface area contributed by atoms with Crippen molar-refractivity contribution in [2.24, 2.45) is 0 Å². The molecule has 0 atom stereocenters. The molecule has 0 spiro atoms. The van der Waals surface area contributed by atoms with E-state index in [4.69, 9.17) is 16.6 Å². The average Bonchev–Trinajstić information content (AvgIpc) is 2.62. The number of fused-ring (bicyclic) bond motifs is 1. The van der Waals surface area contributed by atoms with E-state index < -0.39 is 0 Å². The number of para-hydroxylation sites is 1. The largest absolute Gasteiger partial charge is 0.389 e. The first-order chi connectivity index (χ1) is 11.8. The van der Waals surface area contributed by atoms with Gasteiger partial charge in [0.2, 0.25) is 0 Å². The Morgan fingerprint density at radius 1 is 1.00 bits per heavy atom. The minimum absolute atomic E-state index is 0.689. The number of rotatable bonds is 6. The normalized spacial score (nSPS) is 11.1. The fraction of sp³-hybridized carbons (Fsp3) is 0.158. The van der Waals surface area contributed by atoms with Gasteiger partial charge in [-0.05, 0) is 49.5 Å². The number of halogens is 1. The Morgan fingerprint density at radius 2 is 1.79 bits per heavy atom. The molecular weight excluding hydrogens is 320 g/mol. The van der Waals surface area contributed by atoms with E-state index in [0.29, 0.717) is 10.8 Å². The molecule has 24 heavy (non-hydrogen) atoms. The number of nitrogens with one attached hydrogen (secondary N) is 2. The predicted molar refractivity (Wildman–Crippen MR) is 101 cm³/mol. The fourth-order valence-electron chi connectivity index (χ4n) is 2.39. The zero-order chi connectivity index (χ0) is 16.8. The van der Waals surface area contributed by atoms with Crippen molar-refractivity contribution in [3.8, 4) is 11.4 Å². The average molecular weight is 339 g/mol. The minimum atomic E-state index is 0.689. The summed E-state index contributed by atoms with van der Waals surface area (Å²) in [7, 11) is 0. The van der Waals surface area contributed by atoms with Crippen LogP contribution in [0, 0.1) is 0 Å². The Kier molecular flexibility index (Phi) is 5.29. The Hall–Kier alpha value is -2.59. The first-order valence-corrected chi connectivity index (χ1v) is 8.27. The van der Waals surface area contributed by atoms with Crippen molar-refractivity contribution in [2.75, 3.05) is 18.4 Å². The summed E-state index contributed by atoms with van der Waals surface area (Å²) in [5.74, 6) is 1.53. The third-order valence-electron chi connectivity index (χ3n) is 3.55. The van der Waals surface area contributed by atoms with Gasteiger partial charge in [0.1, 0.15) is 5.82 Å². The van der Waals surface area contributed by atoms with Crippen molar-refractivity contribution in [3.63, 3.8) is 0 Å². The molecule has 1 aromatic heterocycles. The lowest BCUT2D eigenvalue weighted by Crippen LogP contribution is -2.18. The van der Waals surface area contributed by atoms with Gasteiger partial charge in [-0.25, -0.2) is 9.97 Å². The van der Waals surface area contributed by atoms with Crippen LogP contribution in [-0.2, 0) is 0 Å². The maximum absolute atomic E-state index is 5.97. The molecule has 0 bridgehead atoms. The molecule has 0 radical (unpaired) electrons. The van der Waals surface area contributed by atoms with Crippen LogP contribution < -0.4 is 10.6 Å². The maximum Gasteiger partial charge on any atom is 0.162 e. The number of aromatic nitrogens is 2. The number of benzene rings is 2. The second-order valence-electron chi connectivity index (χ2n) is 5.30. The van der Waals surface area contributed by atoms with Gasteiger partial charge < -0.3 is 10.6 Å². The Bertz CT molecular complexity index is 844. The van der Waals surface area contributed by atoms with Crippen LogP contribution in [-0.4, -0.2) is 23.1 Å². The Balaban J connectivity index is 1.92. The van der Waals surface area contributed by atoms with Gasteiger partial charge in [-0.1, -0.05) is 29.8 Å². The van der Waals surface area contributed by atoms with Crippen LogP contribution in [0.15, 0.2) is 60.8 Å². The lowest BCUT2D eigenvalue weighted by molar-refractivity contribution is 0.865. The first-order valence-electron chi connectivity index (χ1n) is 7.89. The molecule has 0 fully saturated rings. The van der Waals surface area contributed by atoms with Crippen molar-refractivity contribution in [3.05, 3.63) is 65.8 Å². The fourth-order valence-corrected chi connectivity index (χ4v) is 2.52.